The summed E-state index contributed by atoms with van der Waals surface area (Å²) in [5.74, 6) is -0.197. The molecule has 0 heterocycles. The summed E-state index contributed by atoms with van der Waals surface area (Å²) in [5, 5.41) is 8.69. The summed E-state index contributed by atoms with van der Waals surface area (Å²) in [6, 6.07) is 6.91. The lowest BCUT2D eigenvalue weighted by Crippen LogP contribution is -2.28. The molecule has 1 N–H and O–H groups in total. The Bertz CT molecular complexity index is 530. The molecule has 1 aliphatic rings. The summed E-state index contributed by atoms with van der Waals surface area (Å²) in [4.78, 5) is 13.1. The number of aryl methyl sites for hydroxylation is 1. The lowest BCUT2D eigenvalue weighted by atomic mass is 10.1. The fourth-order valence-electron chi connectivity index (χ4n) is 2.56. The van der Waals surface area contributed by atoms with Crippen molar-refractivity contribution in [3.05, 3.63) is 35.4 Å². The average molecular weight is 287 g/mol. The fraction of sp³-hybridized carbons (Fsp3) is 0.500. The van der Waals surface area contributed by atoms with E-state index in [-0.39, 0.29) is 0 Å². The van der Waals surface area contributed by atoms with Crippen molar-refractivity contribution in [1.29, 1.82) is 0 Å². The molecule has 0 aromatic heterocycles. The van der Waals surface area contributed by atoms with Crippen LogP contribution in [0.1, 0.15) is 44.2 Å². The van der Waals surface area contributed by atoms with Crippen LogP contribution in [0.25, 0.3) is 6.08 Å². The molecule has 114 valence electrons. The molecule has 0 spiro atoms. The number of aliphatic carboxylic acids is 1. The number of benzene rings is 1. The second-order valence-corrected chi connectivity index (χ2v) is 6.32. The van der Waals surface area contributed by atoms with Crippen LogP contribution in [0, 0.1) is 12.8 Å². The lowest BCUT2D eigenvalue weighted by Gasteiger charge is -2.27. The smallest absolute Gasteiger partial charge is 0.328 e. The van der Waals surface area contributed by atoms with Gasteiger partial charge in [-0.2, -0.15) is 0 Å². The summed E-state index contributed by atoms with van der Waals surface area (Å²) >= 11 is 0. The van der Waals surface area contributed by atoms with Crippen LogP contribution in [0.3, 0.4) is 0 Å². The van der Waals surface area contributed by atoms with Gasteiger partial charge in [0, 0.05) is 24.4 Å². The quantitative estimate of drug-likeness (QED) is 0.767. The van der Waals surface area contributed by atoms with Gasteiger partial charge in [-0.15, -0.1) is 0 Å². The molecular formula is C18H25NO2. The van der Waals surface area contributed by atoms with Gasteiger partial charge in [-0.25, -0.2) is 4.79 Å². The van der Waals surface area contributed by atoms with Gasteiger partial charge < -0.3 is 10.0 Å². The third-order valence-corrected chi connectivity index (χ3v) is 3.88. The summed E-state index contributed by atoms with van der Waals surface area (Å²) in [5.41, 5.74) is 3.46. The van der Waals surface area contributed by atoms with Gasteiger partial charge in [-0.1, -0.05) is 19.9 Å². The first kappa shape index (κ1) is 15.6. The molecule has 0 bridgehead atoms. The van der Waals surface area contributed by atoms with Crippen molar-refractivity contribution in [2.45, 2.75) is 46.1 Å². The zero-order valence-corrected chi connectivity index (χ0v) is 13.2. The first-order chi connectivity index (χ1) is 9.97. The lowest BCUT2D eigenvalue weighted by molar-refractivity contribution is -0.131. The minimum absolute atomic E-state index is 0.697. The molecule has 0 atom stereocenters. The van der Waals surface area contributed by atoms with Crippen molar-refractivity contribution in [2.75, 3.05) is 11.4 Å². The van der Waals surface area contributed by atoms with E-state index in [4.69, 9.17) is 5.11 Å². The van der Waals surface area contributed by atoms with Crippen molar-refractivity contribution in [3.8, 4) is 0 Å². The maximum absolute atomic E-state index is 10.6. The Hall–Kier alpha value is -1.77. The van der Waals surface area contributed by atoms with E-state index in [1.165, 1.54) is 36.6 Å². The third kappa shape index (κ3) is 4.62. The molecular weight excluding hydrogens is 262 g/mol. The average Bonchev–Trinajstić information content (AvgIpc) is 3.22. The van der Waals surface area contributed by atoms with Crippen LogP contribution in [0.2, 0.25) is 0 Å². The predicted octanol–water partition coefficient (Wildman–Crippen LogP) is 4.11. The van der Waals surface area contributed by atoms with Gasteiger partial charge in [0.25, 0.3) is 0 Å². The van der Waals surface area contributed by atoms with Gasteiger partial charge in [0.15, 0.2) is 0 Å². The number of hydrogen-bond acceptors (Lipinski definition) is 2. The highest BCUT2D eigenvalue weighted by atomic mass is 16.4. The standard InChI is InChI=1S/C18H25NO2/c1-13(2)10-11-19(16-6-7-16)17-8-4-15(12-14(17)3)5-9-18(20)21/h4-5,8-9,12-13,16H,6-7,10-11H2,1-3H3,(H,20,21)/b9-5+. The second kappa shape index (κ2) is 6.79. The SMILES string of the molecule is Cc1cc(/C=C/C(=O)O)ccc1N(CCC(C)C)C1CC1. The number of rotatable bonds is 7. The second-order valence-electron chi connectivity index (χ2n) is 6.32. The highest BCUT2D eigenvalue weighted by Gasteiger charge is 2.29. The van der Waals surface area contributed by atoms with E-state index in [0.717, 1.165) is 12.1 Å². The largest absolute Gasteiger partial charge is 0.478 e. The maximum Gasteiger partial charge on any atom is 0.328 e. The Labute approximate surface area is 127 Å². The molecule has 3 heteroatoms. The highest BCUT2D eigenvalue weighted by molar-refractivity contribution is 5.85. The van der Waals surface area contributed by atoms with E-state index in [1.807, 2.05) is 6.07 Å². The number of carboxylic acid groups (broad SMARTS) is 1. The molecule has 1 aliphatic carbocycles. The number of anilines is 1. The van der Waals surface area contributed by atoms with Crippen molar-refractivity contribution in [2.24, 2.45) is 5.92 Å². The zero-order valence-electron chi connectivity index (χ0n) is 13.2. The minimum atomic E-state index is -0.909. The van der Waals surface area contributed by atoms with E-state index in [1.54, 1.807) is 6.08 Å². The van der Waals surface area contributed by atoms with Gasteiger partial charge in [0.1, 0.15) is 0 Å². The van der Waals surface area contributed by atoms with Gasteiger partial charge in [-0.3, -0.25) is 0 Å². The highest BCUT2D eigenvalue weighted by Crippen LogP contribution is 2.34. The molecule has 1 fully saturated rings. The number of nitrogens with zero attached hydrogens (tertiary/aromatic N) is 1. The van der Waals surface area contributed by atoms with Gasteiger partial charge in [0.2, 0.25) is 0 Å². The molecule has 1 aromatic carbocycles. The molecule has 21 heavy (non-hydrogen) atoms. The molecule has 0 aliphatic heterocycles. The van der Waals surface area contributed by atoms with Crippen molar-refractivity contribution < 1.29 is 9.90 Å². The topological polar surface area (TPSA) is 40.5 Å². The van der Waals surface area contributed by atoms with Crippen molar-refractivity contribution >= 4 is 17.7 Å². The first-order valence-corrected chi connectivity index (χ1v) is 7.75. The Morgan fingerprint density at radius 2 is 2.14 bits per heavy atom. The zero-order chi connectivity index (χ0) is 15.4. The summed E-state index contributed by atoms with van der Waals surface area (Å²) in [6.45, 7) is 7.74. The Balaban J connectivity index is 2.15. The van der Waals surface area contributed by atoms with Crippen LogP contribution in [0.5, 0.6) is 0 Å². The first-order valence-electron chi connectivity index (χ1n) is 7.75. The van der Waals surface area contributed by atoms with Crippen molar-refractivity contribution in [1.82, 2.24) is 0 Å². The van der Waals surface area contributed by atoms with Gasteiger partial charge in [-0.05, 0) is 61.4 Å². The Morgan fingerprint density at radius 3 is 2.67 bits per heavy atom. The Kier molecular flexibility index (Phi) is 5.05. The van der Waals surface area contributed by atoms with Crippen LogP contribution >= 0.6 is 0 Å². The van der Waals surface area contributed by atoms with Crippen LogP contribution in [0.4, 0.5) is 5.69 Å². The van der Waals surface area contributed by atoms with Crippen LogP contribution in [0.15, 0.2) is 24.3 Å². The third-order valence-electron chi connectivity index (χ3n) is 3.88. The maximum atomic E-state index is 10.6. The monoisotopic (exact) mass is 287 g/mol. The van der Waals surface area contributed by atoms with E-state index in [2.05, 4.69) is 37.8 Å². The van der Waals surface area contributed by atoms with E-state index in [0.29, 0.717) is 12.0 Å². The van der Waals surface area contributed by atoms with E-state index >= 15 is 0 Å². The van der Waals surface area contributed by atoms with E-state index in [9.17, 15) is 4.79 Å². The molecule has 1 aromatic rings. The molecule has 0 saturated heterocycles. The summed E-state index contributed by atoms with van der Waals surface area (Å²) in [6.07, 6.45) is 6.62. The number of carboxylic acids is 1. The minimum Gasteiger partial charge on any atom is -0.478 e. The molecule has 3 nitrogen and oxygen atoms in total. The molecule has 0 radical (unpaired) electrons. The van der Waals surface area contributed by atoms with E-state index < -0.39 is 5.97 Å². The normalized spacial score (nSPS) is 14.9. The van der Waals surface area contributed by atoms with Crippen LogP contribution in [-0.4, -0.2) is 23.7 Å². The summed E-state index contributed by atoms with van der Waals surface area (Å²) < 4.78 is 0. The number of hydrogen-bond donors (Lipinski definition) is 1. The van der Waals surface area contributed by atoms with Crippen LogP contribution < -0.4 is 4.90 Å². The predicted molar refractivity (Wildman–Crippen MR) is 87.7 cm³/mol. The molecule has 0 amide bonds. The molecule has 1 saturated carbocycles. The van der Waals surface area contributed by atoms with Gasteiger partial charge >= 0.3 is 5.97 Å². The van der Waals surface area contributed by atoms with Gasteiger partial charge in [0.05, 0.1) is 0 Å². The molecule has 2 rings (SSSR count). The fourth-order valence-corrected chi connectivity index (χ4v) is 2.56. The summed E-state index contributed by atoms with van der Waals surface area (Å²) in [7, 11) is 0. The molecule has 0 unspecified atom stereocenters. The van der Waals surface area contributed by atoms with Crippen molar-refractivity contribution in [3.63, 3.8) is 0 Å². The number of carbonyl (C=O) groups is 1. The Morgan fingerprint density at radius 1 is 1.43 bits per heavy atom. The van der Waals surface area contributed by atoms with Crippen LogP contribution in [-0.2, 0) is 4.79 Å².